The molecule has 2 aliphatic rings. The van der Waals surface area contributed by atoms with Crippen LogP contribution in [0, 0.1) is 12.8 Å². The Balaban J connectivity index is 1.56. The van der Waals surface area contributed by atoms with Crippen LogP contribution < -0.4 is 0 Å². The van der Waals surface area contributed by atoms with Gasteiger partial charge in [0.25, 0.3) is 5.91 Å². The van der Waals surface area contributed by atoms with E-state index < -0.39 is 0 Å². The Morgan fingerprint density at radius 3 is 2.52 bits per heavy atom. The molecule has 0 aliphatic carbocycles. The van der Waals surface area contributed by atoms with Crippen LogP contribution in [0.2, 0.25) is 0 Å². The normalized spacial score (nSPS) is 25.2. The van der Waals surface area contributed by atoms with Gasteiger partial charge < -0.3 is 14.2 Å². The highest BCUT2D eigenvalue weighted by Gasteiger charge is 2.32. The first-order valence-corrected chi connectivity index (χ1v) is 8.21. The second kappa shape index (κ2) is 6.22. The molecule has 0 bridgehead atoms. The summed E-state index contributed by atoms with van der Waals surface area (Å²) in [4.78, 5) is 16.9. The number of hydrogen-bond donors (Lipinski definition) is 0. The van der Waals surface area contributed by atoms with E-state index in [9.17, 15) is 4.79 Å². The molecule has 116 valence electrons. The topological polar surface area (TPSA) is 36.7 Å². The first-order chi connectivity index (χ1) is 10.1. The van der Waals surface area contributed by atoms with E-state index in [1.807, 2.05) is 17.9 Å². The molecule has 0 spiro atoms. The number of amides is 1. The van der Waals surface area contributed by atoms with E-state index in [4.69, 9.17) is 4.42 Å². The summed E-state index contributed by atoms with van der Waals surface area (Å²) in [5.74, 6) is 2.09. The van der Waals surface area contributed by atoms with Crippen LogP contribution in [0.1, 0.15) is 48.4 Å². The van der Waals surface area contributed by atoms with Gasteiger partial charge in [-0.3, -0.25) is 4.79 Å². The highest BCUT2D eigenvalue weighted by atomic mass is 16.3. The first-order valence-electron chi connectivity index (χ1n) is 8.21. The molecule has 1 unspecified atom stereocenters. The fourth-order valence-corrected chi connectivity index (χ4v) is 3.89. The van der Waals surface area contributed by atoms with Gasteiger partial charge in [0.15, 0.2) is 5.76 Å². The van der Waals surface area contributed by atoms with Crippen LogP contribution in [-0.4, -0.2) is 48.4 Å². The number of furan rings is 1. The Kier molecular flexibility index (Phi) is 4.34. The zero-order valence-corrected chi connectivity index (χ0v) is 13.2. The van der Waals surface area contributed by atoms with Crippen LogP contribution in [0.15, 0.2) is 16.5 Å². The van der Waals surface area contributed by atoms with Gasteiger partial charge in [-0.15, -0.1) is 0 Å². The molecule has 0 N–H and O–H groups in total. The van der Waals surface area contributed by atoms with Crippen molar-refractivity contribution in [3.8, 4) is 0 Å². The van der Waals surface area contributed by atoms with Crippen molar-refractivity contribution >= 4 is 5.91 Å². The number of likely N-dealkylation sites (tertiary alicyclic amines) is 2. The lowest BCUT2D eigenvalue weighted by Crippen LogP contribution is -2.47. The van der Waals surface area contributed by atoms with Crippen molar-refractivity contribution in [1.29, 1.82) is 0 Å². The van der Waals surface area contributed by atoms with Gasteiger partial charge in [-0.25, -0.2) is 0 Å². The Hall–Kier alpha value is -1.29. The number of nitrogens with zero attached hydrogens (tertiary/aromatic N) is 2. The highest BCUT2D eigenvalue weighted by molar-refractivity contribution is 5.91. The van der Waals surface area contributed by atoms with E-state index in [0.29, 0.717) is 5.76 Å². The van der Waals surface area contributed by atoms with Crippen molar-refractivity contribution in [2.24, 2.45) is 5.92 Å². The molecule has 0 saturated carbocycles. The molecular weight excluding hydrogens is 264 g/mol. The van der Waals surface area contributed by atoms with Crippen molar-refractivity contribution in [2.45, 2.75) is 45.1 Å². The zero-order valence-electron chi connectivity index (χ0n) is 13.2. The fraction of sp³-hybridized carbons (Fsp3) is 0.706. The number of hydrogen-bond acceptors (Lipinski definition) is 3. The van der Waals surface area contributed by atoms with Gasteiger partial charge in [0, 0.05) is 19.1 Å². The molecule has 4 nitrogen and oxygen atoms in total. The lowest BCUT2D eigenvalue weighted by molar-refractivity contribution is 0.0529. The van der Waals surface area contributed by atoms with Crippen molar-refractivity contribution in [3.63, 3.8) is 0 Å². The lowest BCUT2D eigenvalue weighted by atomic mass is 9.84. The molecule has 2 saturated heterocycles. The van der Waals surface area contributed by atoms with Gasteiger partial charge in [0.2, 0.25) is 0 Å². The van der Waals surface area contributed by atoms with Crippen molar-refractivity contribution < 1.29 is 9.21 Å². The van der Waals surface area contributed by atoms with Crippen LogP contribution in [0.5, 0.6) is 0 Å². The molecule has 21 heavy (non-hydrogen) atoms. The summed E-state index contributed by atoms with van der Waals surface area (Å²) in [6.07, 6.45) is 6.27. The number of carbonyl (C=O) groups is 1. The van der Waals surface area contributed by atoms with Gasteiger partial charge in [0.1, 0.15) is 5.76 Å². The standard InChI is InChI=1S/C17H26N2O2/c1-13-6-7-16(21-13)17(20)19-11-8-14(9-12-19)15-5-3-4-10-18(15)2/h6-7,14-15H,3-5,8-12H2,1-2H3. The third-order valence-electron chi connectivity index (χ3n) is 5.15. The average molecular weight is 290 g/mol. The van der Waals surface area contributed by atoms with Crippen LogP contribution in [0.3, 0.4) is 0 Å². The lowest BCUT2D eigenvalue weighted by Gasteiger charge is -2.42. The predicted octanol–water partition coefficient (Wildman–Crippen LogP) is 2.92. The number of carbonyl (C=O) groups excluding carboxylic acids is 1. The van der Waals surface area contributed by atoms with E-state index in [1.54, 1.807) is 6.07 Å². The molecule has 3 rings (SSSR count). The second-order valence-electron chi connectivity index (χ2n) is 6.58. The van der Waals surface area contributed by atoms with Gasteiger partial charge in [-0.05, 0) is 64.3 Å². The van der Waals surface area contributed by atoms with Gasteiger partial charge >= 0.3 is 0 Å². The summed E-state index contributed by atoms with van der Waals surface area (Å²) in [6.45, 7) is 4.85. The molecule has 4 heteroatoms. The first kappa shape index (κ1) is 14.6. The summed E-state index contributed by atoms with van der Waals surface area (Å²) < 4.78 is 5.46. The molecule has 1 aromatic heterocycles. The number of piperidine rings is 2. The summed E-state index contributed by atoms with van der Waals surface area (Å²) in [7, 11) is 2.26. The molecule has 1 aromatic rings. The van der Waals surface area contributed by atoms with E-state index in [1.165, 1.54) is 25.8 Å². The van der Waals surface area contributed by atoms with Gasteiger partial charge in [-0.2, -0.15) is 0 Å². The third kappa shape index (κ3) is 3.15. The molecular formula is C17H26N2O2. The van der Waals surface area contributed by atoms with Crippen LogP contribution in [-0.2, 0) is 0 Å². The minimum atomic E-state index is 0.0542. The highest BCUT2D eigenvalue weighted by Crippen LogP contribution is 2.30. The second-order valence-corrected chi connectivity index (χ2v) is 6.58. The Morgan fingerprint density at radius 1 is 1.14 bits per heavy atom. The SMILES string of the molecule is Cc1ccc(C(=O)N2CCC(C3CCCCN3C)CC2)o1. The molecule has 2 aliphatic heterocycles. The molecule has 3 heterocycles. The molecule has 0 radical (unpaired) electrons. The summed E-state index contributed by atoms with van der Waals surface area (Å²) in [6, 6.07) is 4.37. The largest absolute Gasteiger partial charge is 0.456 e. The Morgan fingerprint density at radius 2 is 1.90 bits per heavy atom. The van der Waals surface area contributed by atoms with Crippen LogP contribution >= 0.6 is 0 Å². The van der Waals surface area contributed by atoms with E-state index in [-0.39, 0.29) is 5.91 Å². The number of aryl methyl sites for hydroxylation is 1. The fourth-order valence-electron chi connectivity index (χ4n) is 3.89. The Labute approximate surface area is 127 Å². The molecule has 0 aromatic carbocycles. The van der Waals surface area contributed by atoms with E-state index >= 15 is 0 Å². The van der Waals surface area contributed by atoms with Crippen molar-refractivity contribution in [3.05, 3.63) is 23.7 Å². The third-order valence-corrected chi connectivity index (χ3v) is 5.15. The van der Waals surface area contributed by atoms with Crippen LogP contribution in [0.4, 0.5) is 0 Å². The maximum Gasteiger partial charge on any atom is 0.289 e. The monoisotopic (exact) mass is 290 g/mol. The summed E-state index contributed by atoms with van der Waals surface area (Å²) in [5.41, 5.74) is 0. The minimum absolute atomic E-state index is 0.0542. The number of rotatable bonds is 2. The van der Waals surface area contributed by atoms with Crippen molar-refractivity contribution in [2.75, 3.05) is 26.7 Å². The maximum absolute atomic E-state index is 12.4. The van der Waals surface area contributed by atoms with Gasteiger partial charge in [0.05, 0.1) is 0 Å². The molecule has 1 atom stereocenters. The predicted molar refractivity (Wildman–Crippen MR) is 82.3 cm³/mol. The smallest absolute Gasteiger partial charge is 0.289 e. The molecule has 1 amide bonds. The minimum Gasteiger partial charge on any atom is -0.456 e. The van der Waals surface area contributed by atoms with Crippen LogP contribution in [0.25, 0.3) is 0 Å². The summed E-state index contributed by atoms with van der Waals surface area (Å²) in [5, 5.41) is 0. The quantitative estimate of drug-likeness (QED) is 0.840. The van der Waals surface area contributed by atoms with Gasteiger partial charge in [-0.1, -0.05) is 6.42 Å². The van der Waals surface area contributed by atoms with E-state index in [0.717, 1.165) is 43.7 Å². The van der Waals surface area contributed by atoms with E-state index in [2.05, 4.69) is 11.9 Å². The Bertz CT molecular complexity index is 489. The van der Waals surface area contributed by atoms with Crippen molar-refractivity contribution in [1.82, 2.24) is 9.80 Å². The molecule has 2 fully saturated rings. The zero-order chi connectivity index (χ0) is 14.8. The summed E-state index contributed by atoms with van der Waals surface area (Å²) >= 11 is 0. The maximum atomic E-state index is 12.4. The average Bonchev–Trinajstić information content (AvgIpc) is 2.94.